The smallest absolute Gasteiger partial charge is 0.226 e. The van der Waals surface area contributed by atoms with Gasteiger partial charge in [0.05, 0.1) is 52.0 Å². The number of pyridine rings is 1. The van der Waals surface area contributed by atoms with E-state index in [1.54, 1.807) is 13.1 Å². The molecule has 1 fully saturated rings. The predicted molar refractivity (Wildman–Crippen MR) is 150 cm³/mol. The van der Waals surface area contributed by atoms with Gasteiger partial charge in [-0.15, -0.1) is 11.3 Å². The summed E-state index contributed by atoms with van der Waals surface area (Å²) in [5, 5.41) is 21.4. The van der Waals surface area contributed by atoms with Crippen molar-refractivity contribution < 1.29 is 14.2 Å². The van der Waals surface area contributed by atoms with Crippen LogP contribution in [0.2, 0.25) is 5.02 Å². The second-order valence-corrected chi connectivity index (χ2v) is 11.7. The van der Waals surface area contributed by atoms with Crippen molar-refractivity contribution in [2.45, 2.75) is 51.7 Å². The molecule has 4 aromatic rings. The first-order valence-corrected chi connectivity index (χ1v) is 13.9. The molecule has 0 radical (unpaired) electrons. The van der Waals surface area contributed by atoms with E-state index in [0.29, 0.717) is 52.9 Å². The average Bonchev–Trinajstić information content (AvgIpc) is 3.62. The molecule has 0 amide bonds. The van der Waals surface area contributed by atoms with E-state index in [2.05, 4.69) is 27.8 Å². The molecule has 9 nitrogen and oxygen atoms in total. The number of nitriles is 1. The number of benzene rings is 1. The maximum Gasteiger partial charge on any atom is 0.226 e. The number of aliphatic hydroxyl groups is 1. The van der Waals surface area contributed by atoms with Crippen LogP contribution in [0.25, 0.3) is 32.2 Å². The number of hydrogen-bond acceptors (Lipinski definition) is 10. The molecule has 39 heavy (non-hydrogen) atoms. The van der Waals surface area contributed by atoms with Crippen LogP contribution in [0.1, 0.15) is 37.0 Å². The number of ether oxygens (including phenoxy) is 1. The van der Waals surface area contributed by atoms with Crippen molar-refractivity contribution in [2.75, 3.05) is 30.8 Å². The molecule has 3 atom stereocenters. The minimum atomic E-state index is -0.542. The van der Waals surface area contributed by atoms with Gasteiger partial charge < -0.3 is 20.5 Å². The number of fused-ring (bicyclic) bond motifs is 4. The van der Waals surface area contributed by atoms with Gasteiger partial charge in [-0.25, -0.2) is 14.4 Å². The first-order chi connectivity index (χ1) is 18.7. The Bertz CT molecular complexity index is 1670. The predicted octanol–water partition coefficient (Wildman–Crippen LogP) is 4.46. The van der Waals surface area contributed by atoms with Crippen molar-refractivity contribution >= 4 is 54.9 Å². The summed E-state index contributed by atoms with van der Waals surface area (Å²) in [7, 11) is 2.02. The number of likely N-dealkylation sites (N-methyl/N-ethyl adjacent to an activating group) is 1. The van der Waals surface area contributed by atoms with Crippen molar-refractivity contribution in [1.82, 2.24) is 19.9 Å². The van der Waals surface area contributed by atoms with Crippen LogP contribution in [0, 0.1) is 17.1 Å². The lowest BCUT2D eigenvalue weighted by Crippen LogP contribution is -2.44. The molecule has 202 valence electrons. The number of nitrogen functional groups attached to an aromatic ring is 1. The molecule has 5 heterocycles. The first-order valence-electron chi connectivity index (χ1n) is 12.7. The minimum absolute atomic E-state index is 0.118. The van der Waals surface area contributed by atoms with Crippen molar-refractivity contribution in [1.29, 1.82) is 5.26 Å². The van der Waals surface area contributed by atoms with E-state index in [1.165, 1.54) is 0 Å². The summed E-state index contributed by atoms with van der Waals surface area (Å²) in [5.74, 6) is 0.0175. The Morgan fingerprint density at radius 2 is 2.13 bits per heavy atom. The molecule has 0 unspecified atom stereocenters. The quantitative estimate of drug-likeness (QED) is 0.359. The van der Waals surface area contributed by atoms with Gasteiger partial charge in [0.1, 0.15) is 11.1 Å². The molecule has 0 aliphatic carbocycles. The molecular weight excluding hydrogens is 541 g/mol. The summed E-state index contributed by atoms with van der Waals surface area (Å²) in [5.41, 5.74) is 9.51. The highest BCUT2D eigenvalue weighted by Crippen LogP contribution is 2.47. The molecule has 1 saturated heterocycles. The average molecular weight is 568 g/mol. The lowest BCUT2D eigenvalue weighted by molar-refractivity contribution is 0.115. The van der Waals surface area contributed by atoms with E-state index in [0.717, 1.165) is 47.0 Å². The van der Waals surface area contributed by atoms with Gasteiger partial charge in [0, 0.05) is 47.7 Å². The highest BCUT2D eigenvalue weighted by Gasteiger charge is 2.36. The lowest BCUT2D eigenvalue weighted by Gasteiger charge is -2.31. The fourth-order valence-electron chi connectivity index (χ4n) is 6.02. The van der Waals surface area contributed by atoms with Gasteiger partial charge >= 0.3 is 0 Å². The Morgan fingerprint density at radius 1 is 1.36 bits per heavy atom. The van der Waals surface area contributed by atoms with E-state index in [9.17, 15) is 14.8 Å². The maximum atomic E-state index is 14.7. The van der Waals surface area contributed by atoms with Gasteiger partial charge in [0.15, 0.2) is 5.82 Å². The Kier molecular flexibility index (Phi) is 6.56. The third-order valence-corrected chi connectivity index (χ3v) is 9.22. The van der Waals surface area contributed by atoms with Gasteiger partial charge in [-0.3, -0.25) is 9.88 Å². The topological polar surface area (TPSA) is 124 Å². The number of hydrogen-bond donors (Lipinski definition) is 2. The highest BCUT2D eigenvalue weighted by atomic mass is 35.5. The van der Waals surface area contributed by atoms with Crippen LogP contribution in [-0.4, -0.2) is 63.3 Å². The van der Waals surface area contributed by atoms with E-state index in [4.69, 9.17) is 32.0 Å². The van der Waals surface area contributed by atoms with Crippen LogP contribution in [0.4, 0.5) is 15.3 Å². The number of halogens is 2. The standard InChI is InChI=1S/C27H27ClFN7O2S/c1-12(37)9-35(3)19-4-5-36(13(19)2)27-33-7-15-16-10-38-11-17(16)20(22(28)23(15)34-27)24-21-14(6-30)26(31)39-25(21)18(29)8-32-24/h7-8,12-13,19,37H,4-5,9-11,31H2,1-3H3/t12-,13+,19+/m1/s1. The molecule has 1 aromatic carbocycles. The molecule has 2 aliphatic rings. The molecule has 0 spiro atoms. The summed E-state index contributed by atoms with van der Waals surface area (Å²) in [6.07, 6.45) is 3.42. The number of nitrogens with zero attached hydrogens (tertiary/aromatic N) is 6. The number of thiophene rings is 1. The van der Waals surface area contributed by atoms with Gasteiger partial charge in [-0.1, -0.05) is 11.6 Å². The maximum absolute atomic E-state index is 14.7. The SMILES string of the molecule is C[C@@H](O)CN(C)[C@H]1CCN(c2ncc3c4c(c(-c5ncc(F)c6sc(N)c(C#N)c56)c(Cl)c3n2)COC4)[C@H]1C. The molecule has 12 heteroatoms. The van der Waals surface area contributed by atoms with Crippen LogP contribution < -0.4 is 10.6 Å². The Balaban J connectivity index is 1.52. The summed E-state index contributed by atoms with van der Waals surface area (Å²) >= 11 is 8.13. The van der Waals surface area contributed by atoms with E-state index in [1.807, 2.05) is 7.05 Å². The number of anilines is 2. The van der Waals surface area contributed by atoms with Crippen LogP contribution in [0.5, 0.6) is 0 Å². The second-order valence-electron chi connectivity index (χ2n) is 10.3. The number of aromatic nitrogens is 3. The zero-order chi connectivity index (χ0) is 27.6. The fourth-order valence-corrected chi connectivity index (χ4v) is 7.29. The number of aliphatic hydroxyl groups excluding tert-OH is 1. The zero-order valence-corrected chi connectivity index (χ0v) is 23.3. The van der Waals surface area contributed by atoms with E-state index in [-0.39, 0.29) is 27.3 Å². The van der Waals surface area contributed by atoms with E-state index < -0.39 is 11.9 Å². The van der Waals surface area contributed by atoms with Crippen molar-refractivity contribution in [3.05, 3.63) is 39.9 Å². The molecule has 3 N–H and O–H groups in total. The van der Waals surface area contributed by atoms with Crippen LogP contribution in [0.3, 0.4) is 0 Å². The normalized spacial score (nSPS) is 19.8. The largest absolute Gasteiger partial charge is 0.392 e. The number of rotatable bonds is 5. The molecule has 0 saturated carbocycles. The van der Waals surface area contributed by atoms with E-state index >= 15 is 0 Å². The Hall–Kier alpha value is -3.14. The third-order valence-electron chi connectivity index (χ3n) is 7.82. The Labute approximate surface area is 233 Å². The monoisotopic (exact) mass is 567 g/mol. The molecule has 6 rings (SSSR count). The minimum Gasteiger partial charge on any atom is -0.392 e. The summed E-state index contributed by atoms with van der Waals surface area (Å²) in [6, 6.07) is 2.47. The van der Waals surface area contributed by atoms with Crippen molar-refractivity contribution in [3.8, 4) is 17.3 Å². The van der Waals surface area contributed by atoms with Crippen LogP contribution in [-0.2, 0) is 18.0 Å². The zero-order valence-electron chi connectivity index (χ0n) is 21.7. The molecule has 2 aliphatic heterocycles. The van der Waals surface area contributed by atoms with Crippen molar-refractivity contribution in [2.24, 2.45) is 0 Å². The summed E-state index contributed by atoms with van der Waals surface area (Å²) in [6.45, 7) is 5.92. The summed E-state index contributed by atoms with van der Waals surface area (Å²) in [4.78, 5) is 18.4. The summed E-state index contributed by atoms with van der Waals surface area (Å²) < 4.78 is 20.8. The van der Waals surface area contributed by atoms with Gasteiger partial charge in [0.25, 0.3) is 0 Å². The third kappa shape index (κ3) is 4.10. The number of nitrogens with two attached hydrogens (primary N) is 1. The molecule has 0 bridgehead atoms. The molecular formula is C27H27ClFN7O2S. The fraction of sp³-hybridized carbons (Fsp3) is 0.407. The first kappa shape index (κ1) is 26.1. The second kappa shape index (κ2) is 9.80. The van der Waals surface area contributed by atoms with Gasteiger partial charge in [0.2, 0.25) is 5.95 Å². The van der Waals surface area contributed by atoms with Crippen LogP contribution in [0.15, 0.2) is 12.4 Å². The van der Waals surface area contributed by atoms with Gasteiger partial charge in [-0.2, -0.15) is 5.26 Å². The molecule has 3 aromatic heterocycles. The lowest BCUT2D eigenvalue weighted by atomic mass is 9.94. The van der Waals surface area contributed by atoms with Crippen LogP contribution >= 0.6 is 22.9 Å². The Morgan fingerprint density at radius 3 is 2.87 bits per heavy atom. The van der Waals surface area contributed by atoms with Gasteiger partial charge in [-0.05, 0) is 38.4 Å². The van der Waals surface area contributed by atoms with Crippen molar-refractivity contribution in [3.63, 3.8) is 0 Å². The highest BCUT2D eigenvalue weighted by molar-refractivity contribution is 7.23.